The molecule has 2 fully saturated rings. The van der Waals surface area contributed by atoms with Gasteiger partial charge in [0.2, 0.25) is 0 Å². The van der Waals surface area contributed by atoms with Crippen molar-refractivity contribution in [1.82, 2.24) is 24.8 Å². The van der Waals surface area contributed by atoms with Crippen molar-refractivity contribution in [2.24, 2.45) is 13.0 Å². The quantitative estimate of drug-likeness (QED) is 0.344. The topological polar surface area (TPSA) is 103 Å². The molecule has 0 aliphatic heterocycles. The lowest BCUT2D eigenvalue weighted by Crippen LogP contribution is -2.17. The highest BCUT2D eigenvalue weighted by Crippen LogP contribution is 2.55. The average Bonchev–Trinajstić information content (AvgIpc) is 3.37. The molecular formula is C29H29N5O3. The number of rotatable bonds is 7. The number of hydrogen-bond donors (Lipinski definition) is 1. The second-order valence-corrected chi connectivity index (χ2v) is 10.3. The Balaban J connectivity index is 1.33. The highest BCUT2D eigenvalue weighted by molar-refractivity contribution is 5.99. The summed E-state index contributed by atoms with van der Waals surface area (Å²) in [5.41, 5.74) is 5.21. The van der Waals surface area contributed by atoms with Gasteiger partial charge in [-0.05, 0) is 48.6 Å². The van der Waals surface area contributed by atoms with Gasteiger partial charge in [0, 0.05) is 36.6 Å². The Hall–Kier alpha value is -4.07. The minimum atomic E-state index is -0.990. The molecule has 2 aromatic heterocycles. The standard InChI is InChI=1S/C29H29N5O3/c1-33-17-26(31-32-33)23-15-24(23)27-25(29(36)37)16-30-34(27)22-12-6-10-20(14-22)19-9-5-11-21(13-19)28(35)18-7-3-2-4-8-18/h5-6,9-14,16-18,23-24H,2-4,7-8,15H2,1H3,(H,36,37). The first-order valence-electron chi connectivity index (χ1n) is 12.9. The highest BCUT2D eigenvalue weighted by atomic mass is 16.4. The van der Waals surface area contributed by atoms with E-state index < -0.39 is 5.97 Å². The molecule has 0 bridgehead atoms. The normalized spacial score (nSPS) is 19.6. The number of aromatic carboxylic acids is 1. The van der Waals surface area contributed by atoms with Crippen LogP contribution in [0.2, 0.25) is 0 Å². The van der Waals surface area contributed by atoms with Gasteiger partial charge in [0.05, 0.1) is 23.3 Å². The van der Waals surface area contributed by atoms with E-state index in [2.05, 4.69) is 15.4 Å². The van der Waals surface area contributed by atoms with Crippen LogP contribution in [-0.2, 0) is 7.05 Å². The van der Waals surface area contributed by atoms with Gasteiger partial charge in [-0.1, -0.05) is 54.8 Å². The van der Waals surface area contributed by atoms with Gasteiger partial charge < -0.3 is 5.11 Å². The van der Waals surface area contributed by atoms with E-state index in [0.717, 1.165) is 60.2 Å². The van der Waals surface area contributed by atoms with Crippen molar-refractivity contribution in [3.63, 3.8) is 0 Å². The molecule has 2 aliphatic carbocycles. The molecule has 0 amide bonds. The lowest BCUT2D eigenvalue weighted by molar-refractivity contribution is 0.0695. The SMILES string of the molecule is Cn1cc(C2CC2c2c(C(=O)O)cnn2-c2cccc(-c3cccc(C(=O)C4CCCCC4)c3)c2)nn1. The first-order valence-corrected chi connectivity index (χ1v) is 12.9. The lowest BCUT2D eigenvalue weighted by atomic mass is 9.83. The third-order valence-electron chi connectivity index (χ3n) is 7.73. The number of benzene rings is 2. The van der Waals surface area contributed by atoms with Crippen molar-refractivity contribution in [3.8, 4) is 16.8 Å². The number of Topliss-reactive ketones (excluding diaryl/α,β-unsaturated/α-hetero) is 1. The summed E-state index contributed by atoms with van der Waals surface area (Å²) >= 11 is 0. The van der Waals surface area contributed by atoms with Crippen LogP contribution in [0.1, 0.15) is 82.5 Å². The number of aromatic nitrogens is 5. The van der Waals surface area contributed by atoms with Gasteiger partial charge in [-0.2, -0.15) is 5.10 Å². The molecule has 0 saturated heterocycles. The molecule has 6 rings (SSSR count). The Bertz CT molecular complexity index is 1480. The number of aryl methyl sites for hydroxylation is 1. The van der Waals surface area contributed by atoms with Crippen LogP contribution in [0.4, 0.5) is 0 Å². The summed E-state index contributed by atoms with van der Waals surface area (Å²) in [6.07, 6.45) is 9.54. The summed E-state index contributed by atoms with van der Waals surface area (Å²) in [6.45, 7) is 0. The first kappa shape index (κ1) is 23.3. The fraction of sp³-hybridized carbons (Fsp3) is 0.345. The van der Waals surface area contributed by atoms with Crippen LogP contribution in [0.25, 0.3) is 16.8 Å². The minimum Gasteiger partial charge on any atom is -0.478 e. The average molecular weight is 496 g/mol. The van der Waals surface area contributed by atoms with E-state index in [1.165, 1.54) is 12.6 Å². The monoisotopic (exact) mass is 495 g/mol. The Morgan fingerprint density at radius 2 is 1.73 bits per heavy atom. The third kappa shape index (κ3) is 4.48. The smallest absolute Gasteiger partial charge is 0.339 e. The van der Waals surface area contributed by atoms with Crippen molar-refractivity contribution in [3.05, 3.63) is 83.4 Å². The molecule has 37 heavy (non-hydrogen) atoms. The van der Waals surface area contributed by atoms with Gasteiger partial charge in [0.25, 0.3) is 0 Å². The summed E-state index contributed by atoms with van der Waals surface area (Å²) in [5, 5.41) is 22.6. The van der Waals surface area contributed by atoms with Gasteiger partial charge in [0.15, 0.2) is 5.78 Å². The van der Waals surface area contributed by atoms with E-state index in [1.807, 2.05) is 61.8 Å². The highest BCUT2D eigenvalue weighted by Gasteiger charge is 2.46. The maximum atomic E-state index is 13.1. The van der Waals surface area contributed by atoms with E-state index in [4.69, 9.17) is 0 Å². The lowest BCUT2D eigenvalue weighted by Gasteiger charge is -2.20. The molecule has 2 unspecified atom stereocenters. The molecule has 8 heteroatoms. The van der Waals surface area contributed by atoms with Gasteiger partial charge in [-0.3, -0.25) is 9.48 Å². The number of carboxylic acids is 1. The molecule has 0 radical (unpaired) electrons. The molecular weight excluding hydrogens is 466 g/mol. The maximum Gasteiger partial charge on any atom is 0.339 e. The number of carbonyl (C=O) groups is 2. The van der Waals surface area contributed by atoms with E-state index in [0.29, 0.717) is 5.69 Å². The van der Waals surface area contributed by atoms with Gasteiger partial charge in [0.1, 0.15) is 5.56 Å². The Morgan fingerprint density at radius 3 is 2.46 bits per heavy atom. The second-order valence-electron chi connectivity index (χ2n) is 10.3. The van der Waals surface area contributed by atoms with Crippen LogP contribution in [0, 0.1) is 5.92 Å². The number of hydrogen-bond acceptors (Lipinski definition) is 5. The molecule has 0 spiro atoms. The number of nitrogens with zero attached hydrogens (tertiary/aromatic N) is 5. The van der Waals surface area contributed by atoms with Crippen molar-refractivity contribution in [2.45, 2.75) is 50.4 Å². The van der Waals surface area contributed by atoms with E-state index in [1.54, 1.807) is 9.36 Å². The summed E-state index contributed by atoms with van der Waals surface area (Å²) < 4.78 is 3.40. The molecule has 188 valence electrons. The van der Waals surface area contributed by atoms with Crippen molar-refractivity contribution in [2.75, 3.05) is 0 Å². The second kappa shape index (κ2) is 9.42. The summed E-state index contributed by atoms with van der Waals surface area (Å²) in [6, 6.07) is 15.7. The zero-order valence-electron chi connectivity index (χ0n) is 20.7. The molecule has 1 N–H and O–H groups in total. The predicted molar refractivity (Wildman–Crippen MR) is 138 cm³/mol. The van der Waals surface area contributed by atoms with Gasteiger partial charge in [-0.25, -0.2) is 9.48 Å². The van der Waals surface area contributed by atoms with Crippen LogP contribution in [0.5, 0.6) is 0 Å². The summed E-state index contributed by atoms with van der Waals surface area (Å²) in [5.74, 6) is -0.506. The largest absolute Gasteiger partial charge is 0.478 e. The molecule has 2 heterocycles. The van der Waals surface area contributed by atoms with Crippen LogP contribution < -0.4 is 0 Å². The Kier molecular flexibility index (Phi) is 5.94. The summed E-state index contributed by atoms with van der Waals surface area (Å²) in [4.78, 5) is 25.2. The third-order valence-corrected chi connectivity index (χ3v) is 7.73. The number of ketones is 1. The van der Waals surface area contributed by atoms with E-state index >= 15 is 0 Å². The molecule has 2 aliphatic rings. The van der Waals surface area contributed by atoms with Crippen LogP contribution in [0.15, 0.2) is 60.9 Å². The molecule has 2 saturated carbocycles. The molecule has 2 atom stereocenters. The van der Waals surface area contributed by atoms with Crippen molar-refractivity contribution < 1.29 is 14.7 Å². The minimum absolute atomic E-state index is 0.00500. The predicted octanol–water partition coefficient (Wildman–Crippen LogP) is 5.40. The van der Waals surface area contributed by atoms with Crippen LogP contribution in [0.3, 0.4) is 0 Å². The first-order chi connectivity index (χ1) is 18.0. The van der Waals surface area contributed by atoms with E-state index in [-0.39, 0.29) is 29.1 Å². The molecule has 2 aromatic carbocycles. The Morgan fingerprint density at radius 1 is 0.973 bits per heavy atom. The zero-order chi connectivity index (χ0) is 25.5. The number of carboxylic acid groups (broad SMARTS) is 1. The van der Waals surface area contributed by atoms with Crippen molar-refractivity contribution >= 4 is 11.8 Å². The maximum absolute atomic E-state index is 13.1. The number of carbonyl (C=O) groups excluding carboxylic acids is 1. The zero-order valence-corrected chi connectivity index (χ0v) is 20.7. The fourth-order valence-corrected chi connectivity index (χ4v) is 5.71. The van der Waals surface area contributed by atoms with Gasteiger partial charge >= 0.3 is 5.97 Å². The fourth-order valence-electron chi connectivity index (χ4n) is 5.71. The van der Waals surface area contributed by atoms with E-state index in [9.17, 15) is 14.7 Å². The molecule has 4 aromatic rings. The van der Waals surface area contributed by atoms with Crippen LogP contribution in [-0.4, -0.2) is 41.6 Å². The van der Waals surface area contributed by atoms with Crippen molar-refractivity contribution in [1.29, 1.82) is 0 Å². The van der Waals surface area contributed by atoms with Crippen LogP contribution >= 0.6 is 0 Å². The summed E-state index contributed by atoms with van der Waals surface area (Å²) in [7, 11) is 1.82. The van der Waals surface area contributed by atoms with Gasteiger partial charge in [-0.15, -0.1) is 5.10 Å². The molecule has 8 nitrogen and oxygen atoms in total. The Labute approximate surface area is 214 Å².